The third-order valence-corrected chi connectivity index (χ3v) is 4.16. The number of hydrogen-bond acceptors (Lipinski definition) is 3. The molecule has 0 radical (unpaired) electrons. The van der Waals surface area contributed by atoms with Crippen LogP contribution in [0.25, 0.3) is 11.1 Å². The molecule has 0 bridgehead atoms. The summed E-state index contributed by atoms with van der Waals surface area (Å²) in [5, 5.41) is 4.43. The average Bonchev–Trinajstić information content (AvgIpc) is 3.34. The minimum Gasteiger partial charge on any atom is -0.478 e. The molecule has 2 aromatic rings. The lowest BCUT2D eigenvalue weighted by atomic mass is 9.99. The van der Waals surface area contributed by atoms with Crippen LogP contribution in [0.2, 0.25) is 0 Å². The highest BCUT2D eigenvalue weighted by Crippen LogP contribution is 2.37. The van der Waals surface area contributed by atoms with Crippen LogP contribution in [0.5, 0.6) is 5.75 Å². The van der Waals surface area contributed by atoms with E-state index >= 15 is 0 Å². The van der Waals surface area contributed by atoms with Gasteiger partial charge in [0.25, 0.3) is 5.56 Å². The predicted octanol–water partition coefficient (Wildman–Crippen LogP) is 2.72. The van der Waals surface area contributed by atoms with Crippen molar-refractivity contribution in [3.8, 4) is 29.2 Å². The lowest BCUT2D eigenvalue weighted by Gasteiger charge is -2.16. The van der Waals surface area contributed by atoms with E-state index in [1.54, 1.807) is 7.05 Å². The summed E-state index contributed by atoms with van der Waals surface area (Å²) in [7, 11) is 1.69. The third kappa shape index (κ3) is 3.14. The zero-order valence-electron chi connectivity index (χ0n) is 13.5. The van der Waals surface area contributed by atoms with Gasteiger partial charge in [0.2, 0.25) is 0 Å². The Bertz CT molecular complexity index is 826. The summed E-state index contributed by atoms with van der Waals surface area (Å²) < 4.78 is 7.18. The zero-order valence-corrected chi connectivity index (χ0v) is 13.5. The first kappa shape index (κ1) is 15.4. The van der Waals surface area contributed by atoms with Crippen LogP contribution in [0.3, 0.4) is 0 Å². The van der Waals surface area contributed by atoms with Gasteiger partial charge in [0.15, 0.2) is 5.75 Å². The van der Waals surface area contributed by atoms with Crippen molar-refractivity contribution < 1.29 is 4.74 Å². The summed E-state index contributed by atoms with van der Waals surface area (Å²) in [5.74, 6) is 3.67. The van der Waals surface area contributed by atoms with Gasteiger partial charge < -0.3 is 4.74 Å². The second-order valence-corrected chi connectivity index (χ2v) is 6.03. The van der Waals surface area contributed by atoms with Crippen molar-refractivity contribution in [3.63, 3.8) is 0 Å². The number of nitrogens with zero attached hydrogens (tertiary/aromatic N) is 2. The Hall–Kier alpha value is -2.54. The second-order valence-electron chi connectivity index (χ2n) is 6.03. The smallest absolute Gasteiger partial charge is 0.278 e. The number of hydrogen-bond donors (Lipinski definition) is 0. The molecule has 0 unspecified atom stereocenters. The quantitative estimate of drug-likeness (QED) is 0.798. The minimum atomic E-state index is -0.161. The summed E-state index contributed by atoms with van der Waals surface area (Å²) >= 11 is 0. The molecule has 0 N–H and O–H groups in total. The maximum Gasteiger partial charge on any atom is 0.278 e. The van der Waals surface area contributed by atoms with Gasteiger partial charge in [0.05, 0.1) is 5.56 Å². The maximum absolute atomic E-state index is 12.7. The first-order valence-corrected chi connectivity index (χ1v) is 7.84. The molecule has 0 atom stereocenters. The number of rotatable bonds is 5. The summed E-state index contributed by atoms with van der Waals surface area (Å²) in [4.78, 5) is 12.7. The predicted molar refractivity (Wildman–Crippen MR) is 90.4 cm³/mol. The van der Waals surface area contributed by atoms with Crippen molar-refractivity contribution in [1.82, 2.24) is 9.78 Å². The number of aromatic nitrogens is 2. The number of aryl methyl sites for hydroxylation is 2. The molecule has 4 nitrogen and oxygen atoms in total. The van der Waals surface area contributed by atoms with E-state index in [2.05, 4.69) is 11.0 Å². The average molecular weight is 308 g/mol. The van der Waals surface area contributed by atoms with Crippen molar-refractivity contribution in [1.29, 1.82) is 0 Å². The molecule has 118 valence electrons. The highest BCUT2D eigenvalue weighted by Gasteiger charge is 2.27. The van der Waals surface area contributed by atoms with Crippen molar-refractivity contribution in [2.45, 2.75) is 26.2 Å². The minimum absolute atomic E-state index is 0.130. The van der Waals surface area contributed by atoms with Gasteiger partial charge in [0.1, 0.15) is 12.3 Å². The Kier molecular flexibility index (Phi) is 4.20. The second kappa shape index (κ2) is 6.29. The van der Waals surface area contributed by atoms with Crippen LogP contribution >= 0.6 is 0 Å². The molecule has 1 saturated carbocycles. The highest BCUT2D eigenvalue weighted by molar-refractivity contribution is 5.73. The molecular weight excluding hydrogens is 288 g/mol. The van der Waals surface area contributed by atoms with E-state index < -0.39 is 0 Å². The molecule has 1 aromatic heterocycles. The topological polar surface area (TPSA) is 44.1 Å². The van der Waals surface area contributed by atoms with Gasteiger partial charge in [-0.25, -0.2) is 4.68 Å². The maximum atomic E-state index is 12.7. The van der Waals surface area contributed by atoms with E-state index in [4.69, 9.17) is 11.2 Å². The summed E-state index contributed by atoms with van der Waals surface area (Å²) in [6, 6.07) is 7.81. The highest BCUT2D eigenvalue weighted by atomic mass is 16.5. The van der Waals surface area contributed by atoms with Gasteiger partial charge in [-0.3, -0.25) is 4.79 Å². The van der Waals surface area contributed by atoms with Gasteiger partial charge in [-0.2, -0.15) is 5.10 Å². The lowest BCUT2D eigenvalue weighted by molar-refractivity contribution is 0.360. The molecule has 0 spiro atoms. The molecule has 3 rings (SSSR count). The van der Waals surface area contributed by atoms with E-state index in [9.17, 15) is 4.79 Å². The normalized spacial score (nSPS) is 13.6. The van der Waals surface area contributed by atoms with Crippen LogP contribution in [0, 0.1) is 25.2 Å². The van der Waals surface area contributed by atoms with Crippen molar-refractivity contribution >= 4 is 0 Å². The molecule has 0 amide bonds. The molecule has 0 aliphatic heterocycles. The van der Waals surface area contributed by atoms with Crippen molar-refractivity contribution in [3.05, 3.63) is 45.9 Å². The lowest BCUT2D eigenvalue weighted by Crippen LogP contribution is -2.25. The Labute approximate surface area is 136 Å². The Morgan fingerprint density at radius 3 is 2.78 bits per heavy atom. The van der Waals surface area contributed by atoms with Gasteiger partial charge in [-0.1, -0.05) is 30.2 Å². The van der Waals surface area contributed by atoms with Crippen LogP contribution < -0.4 is 10.3 Å². The fourth-order valence-corrected chi connectivity index (χ4v) is 2.76. The van der Waals surface area contributed by atoms with Gasteiger partial charge >= 0.3 is 0 Å². The fraction of sp³-hybridized carbons (Fsp3) is 0.368. The molecule has 1 aliphatic carbocycles. The van der Waals surface area contributed by atoms with Gasteiger partial charge in [-0.05, 0) is 43.2 Å². The van der Waals surface area contributed by atoms with E-state index in [-0.39, 0.29) is 12.2 Å². The number of terminal acetylenes is 1. The number of benzene rings is 1. The number of ether oxygens (including phenoxy) is 1. The van der Waals surface area contributed by atoms with Gasteiger partial charge in [-0.15, -0.1) is 6.42 Å². The molecule has 1 aromatic carbocycles. The molecule has 4 heteroatoms. The first-order chi connectivity index (χ1) is 11.1. The fourth-order valence-electron chi connectivity index (χ4n) is 2.76. The molecule has 23 heavy (non-hydrogen) atoms. The Balaban J connectivity index is 2.22. The van der Waals surface area contributed by atoms with Crippen LogP contribution in [-0.4, -0.2) is 16.4 Å². The monoisotopic (exact) mass is 308 g/mol. The van der Waals surface area contributed by atoms with Crippen molar-refractivity contribution in [2.75, 3.05) is 6.61 Å². The first-order valence-electron chi connectivity index (χ1n) is 7.84. The van der Waals surface area contributed by atoms with Crippen LogP contribution in [0.4, 0.5) is 0 Å². The zero-order chi connectivity index (χ0) is 16.4. The summed E-state index contributed by atoms with van der Waals surface area (Å²) in [5.41, 5.74) is 3.12. The largest absolute Gasteiger partial charge is 0.478 e. The molecule has 1 aliphatic rings. The van der Waals surface area contributed by atoms with Gasteiger partial charge in [0, 0.05) is 7.05 Å². The third-order valence-electron chi connectivity index (χ3n) is 4.16. The Morgan fingerprint density at radius 2 is 2.13 bits per heavy atom. The summed E-state index contributed by atoms with van der Waals surface area (Å²) in [6.07, 6.45) is 8.59. The molecular formula is C19H20N2O2. The molecule has 0 saturated heterocycles. The van der Waals surface area contributed by atoms with Crippen LogP contribution in [-0.2, 0) is 13.5 Å². The van der Waals surface area contributed by atoms with E-state index in [0.717, 1.165) is 23.2 Å². The van der Waals surface area contributed by atoms with Crippen LogP contribution in [0.15, 0.2) is 29.1 Å². The molecule has 1 heterocycles. The van der Waals surface area contributed by atoms with Crippen molar-refractivity contribution in [2.24, 2.45) is 13.0 Å². The van der Waals surface area contributed by atoms with E-state index in [0.29, 0.717) is 17.2 Å². The Morgan fingerprint density at radius 1 is 1.39 bits per heavy atom. The van der Waals surface area contributed by atoms with E-state index in [1.807, 2.05) is 31.2 Å². The summed E-state index contributed by atoms with van der Waals surface area (Å²) in [6.45, 7) is 2.12. The molecule has 1 fully saturated rings. The SMILES string of the molecule is C#CCOc1c(CC2CC2)nn(C)c(=O)c1-c1ccccc1C. The van der Waals surface area contributed by atoms with E-state index in [1.165, 1.54) is 17.5 Å². The standard InChI is InChI=1S/C19H20N2O2/c1-4-11-23-18-16(12-14-9-10-14)20-21(3)19(22)17(18)15-8-6-5-7-13(15)2/h1,5-8,14H,9-12H2,2-3H3. The van der Waals surface area contributed by atoms with Crippen LogP contribution in [0.1, 0.15) is 24.1 Å².